The number of methoxy groups -OCH3 is 1. The lowest BCUT2D eigenvalue weighted by molar-refractivity contribution is -0.132. The number of amides is 1. The van der Waals surface area contributed by atoms with Crippen molar-refractivity contribution in [1.29, 1.82) is 0 Å². The lowest BCUT2D eigenvalue weighted by atomic mass is 10.0. The van der Waals surface area contributed by atoms with Crippen molar-refractivity contribution in [2.45, 2.75) is 19.5 Å². The molecule has 1 unspecified atom stereocenters. The molecule has 3 aromatic rings. The van der Waals surface area contributed by atoms with E-state index in [-0.39, 0.29) is 29.8 Å². The van der Waals surface area contributed by atoms with Gasteiger partial charge in [-0.25, -0.2) is 0 Å². The number of hydrogen-bond acceptors (Lipinski definition) is 3. The Balaban J connectivity index is 1.80. The van der Waals surface area contributed by atoms with Crippen molar-refractivity contribution < 1.29 is 9.53 Å². The Morgan fingerprint density at radius 1 is 1.12 bits per heavy atom. The zero-order valence-corrected chi connectivity index (χ0v) is 15.2. The number of carbonyl (C=O) groups is 1. The van der Waals surface area contributed by atoms with Crippen molar-refractivity contribution in [3.63, 3.8) is 0 Å². The Hall–Kier alpha value is -3.08. The van der Waals surface area contributed by atoms with Crippen LogP contribution in [0.3, 0.4) is 0 Å². The maximum atomic E-state index is 12.7. The van der Waals surface area contributed by atoms with Crippen LogP contribution in [0.25, 0.3) is 10.8 Å². The molecule has 5 nitrogen and oxygen atoms in total. The third-order valence-corrected chi connectivity index (χ3v) is 4.74. The zero-order chi connectivity index (χ0) is 18.7. The van der Waals surface area contributed by atoms with Crippen LogP contribution in [0.15, 0.2) is 65.6 Å². The molecule has 0 fully saturated rings. The van der Waals surface area contributed by atoms with E-state index in [9.17, 15) is 9.59 Å². The number of carbonyl (C=O) groups excluding carboxylic acids is 1. The van der Waals surface area contributed by atoms with Crippen LogP contribution < -0.4 is 10.3 Å². The van der Waals surface area contributed by atoms with Crippen molar-refractivity contribution in [2.75, 3.05) is 14.2 Å². The van der Waals surface area contributed by atoms with Crippen LogP contribution in [0.5, 0.6) is 5.75 Å². The second-order valence-corrected chi connectivity index (χ2v) is 6.30. The summed E-state index contributed by atoms with van der Waals surface area (Å²) in [6.45, 7) is 1.96. The monoisotopic (exact) mass is 350 g/mol. The molecular formula is C21H22N2O3. The third-order valence-electron chi connectivity index (χ3n) is 4.74. The number of pyridine rings is 1. The van der Waals surface area contributed by atoms with Gasteiger partial charge in [0.05, 0.1) is 13.2 Å². The summed E-state index contributed by atoms with van der Waals surface area (Å²) >= 11 is 0. The number of likely N-dealkylation sites (N-methyl/N-ethyl adjacent to an activating group) is 1. The van der Waals surface area contributed by atoms with E-state index < -0.39 is 0 Å². The van der Waals surface area contributed by atoms with Crippen molar-refractivity contribution in [3.05, 3.63) is 76.7 Å². The molecule has 0 aliphatic carbocycles. The van der Waals surface area contributed by atoms with E-state index in [1.54, 1.807) is 30.3 Å². The topological polar surface area (TPSA) is 51.5 Å². The fourth-order valence-corrected chi connectivity index (χ4v) is 2.96. The minimum Gasteiger partial charge on any atom is -0.491 e. The van der Waals surface area contributed by atoms with E-state index in [2.05, 4.69) is 24.3 Å². The predicted molar refractivity (Wildman–Crippen MR) is 102 cm³/mol. The van der Waals surface area contributed by atoms with Crippen LogP contribution in [-0.4, -0.2) is 29.5 Å². The minimum absolute atomic E-state index is 0.0234. The molecular weight excluding hydrogens is 328 g/mol. The van der Waals surface area contributed by atoms with Crippen molar-refractivity contribution in [2.24, 2.45) is 0 Å². The molecule has 26 heavy (non-hydrogen) atoms. The molecule has 1 aromatic heterocycles. The Morgan fingerprint density at radius 2 is 1.85 bits per heavy atom. The summed E-state index contributed by atoms with van der Waals surface area (Å²) < 4.78 is 6.39. The molecule has 134 valence electrons. The number of nitrogens with zero attached hydrogens (tertiary/aromatic N) is 2. The molecule has 0 spiro atoms. The van der Waals surface area contributed by atoms with Gasteiger partial charge in [0.1, 0.15) is 6.54 Å². The molecule has 0 saturated carbocycles. The van der Waals surface area contributed by atoms with Gasteiger partial charge in [0, 0.05) is 13.2 Å². The molecule has 0 aliphatic heterocycles. The van der Waals surface area contributed by atoms with Crippen molar-refractivity contribution >= 4 is 16.7 Å². The summed E-state index contributed by atoms with van der Waals surface area (Å²) in [5.74, 6) is 0.0894. The second-order valence-electron chi connectivity index (χ2n) is 6.30. The molecule has 0 bridgehead atoms. The summed E-state index contributed by atoms with van der Waals surface area (Å²) in [5, 5.41) is 2.31. The Kier molecular flexibility index (Phi) is 5.07. The fourth-order valence-electron chi connectivity index (χ4n) is 2.96. The van der Waals surface area contributed by atoms with Gasteiger partial charge in [-0.2, -0.15) is 0 Å². The van der Waals surface area contributed by atoms with Gasteiger partial charge in [0.15, 0.2) is 5.75 Å². The number of benzene rings is 2. The standard InChI is InChI=1S/C21H22N2O3/c1-15(17-11-10-16-7-4-5-8-18(16)13-17)22(2)20(24)14-23-12-6-9-19(26-3)21(23)25/h4-13,15H,14H2,1-3H3. The quantitative estimate of drug-likeness (QED) is 0.710. The van der Waals surface area contributed by atoms with Crippen LogP contribution in [-0.2, 0) is 11.3 Å². The van der Waals surface area contributed by atoms with E-state index in [0.29, 0.717) is 0 Å². The minimum atomic E-state index is -0.310. The zero-order valence-electron chi connectivity index (χ0n) is 15.2. The average Bonchev–Trinajstić information content (AvgIpc) is 2.68. The van der Waals surface area contributed by atoms with E-state index in [4.69, 9.17) is 4.74 Å². The van der Waals surface area contributed by atoms with Gasteiger partial charge >= 0.3 is 0 Å². The molecule has 0 radical (unpaired) electrons. The Labute approximate surface area is 152 Å². The van der Waals surface area contributed by atoms with Gasteiger partial charge in [-0.1, -0.05) is 36.4 Å². The van der Waals surface area contributed by atoms with Crippen LogP contribution in [0, 0.1) is 0 Å². The van der Waals surface area contributed by atoms with E-state index >= 15 is 0 Å². The highest BCUT2D eigenvalue weighted by Crippen LogP contribution is 2.23. The lowest BCUT2D eigenvalue weighted by Crippen LogP contribution is -2.35. The normalized spacial score (nSPS) is 12.0. The highest BCUT2D eigenvalue weighted by molar-refractivity contribution is 5.83. The Bertz CT molecular complexity index is 994. The van der Waals surface area contributed by atoms with Crippen LogP contribution in [0.1, 0.15) is 18.5 Å². The molecule has 0 N–H and O–H groups in total. The summed E-state index contributed by atoms with van der Waals surface area (Å²) in [6.07, 6.45) is 1.59. The summed E-state index contributed by atoms with van der Waals surface area (Å²) in [6, 6.07) is 17.5. The first kappa shape index (κ1) is 17.7. The van der Waals surface area contributed by atoms with Gasteiger partial charge in [-0.05, 0) is 41.5 Å². The number of fused-ring (bicyclic) bond motifs is 1. The third kappa shape index (κ3) is 3.47. The first-order chi connectivity index (χ1) is 12.5. The smallest absolute Gasteiger partial charge is 0.293 e. The first-order valence-electron chi connectivity index (χ1n) is 8.49. The highest BCUT2D eigenvalue weighted by atomic mass is 16.5. The number of hydrogen-bond donors (Lipinski definition) is 0. The largest absolute Gasteiger partial charge is 0.491 e. The lowest BCUT2D eigenvalue weighted by Gasteiger charge is -2.26. The van der Waals surface area contributed by atoms with Crippen molar-refractivity contribution in [1.82, 2.24) is 9.47 Å². The molecule has 2 aromatic carbocycles. The molecule has 0 aliphatic rings. The summed E-state index contributed by atoms with van der Waals surface area (Å²) in [5.41, 5.74) is 0.743. The molecule has 1 amide bonds. The van der Waals surface area contributed by atoms with Crippen LogP contribution >= 0.6 is 0 Å². The molecule has 3 rings (SSSR count). The van der Waals surface area contributed by atoms with Gasteiger partial charge < -0.3 is 14.2 Å². The molecule has 1 heterocycles. The maximum Gasteiger partial charge on any atom is 0.293 e. The summed E-state index contributed by atoms with van der Waals surface area (Å²) in [7, 11) is 3.20. The highest BCUT2D eigenvalue weighted by Gasteiger charge is 2.19. The maximum absolute atomic E-state index is 12.7. The predicted octanol–water partition coefficient (Wildman–Crippen LogP) is 3.23. The van der Waals surface area contributed by atoms with Gasteiger partial charge in [-0.3, -0.25) is 9.59 Å². The Morgan fingerprint density at radius 3 is 2.58 bits per heavy atom. The van der Waals surface area contributed by atoms with E-state index in [1.165, 1.54) is 17.1 Å². The first-order valence-corrected chi connectivity index (χ1v) is 8.49. The molecule has 1 atom stereocenters. The second kappa shape index (κ2) is 7.44. The fraction of sp³-hybridized carbons (Fsp3) is 0.238. The van der Waals surface area contributed by atoms with Crippen molar-refractivity contribution in [3.8, 4) is 5.75 Å². The number of aromatic nitrogens is 1. The van der Waals surface area contributed by atoms with Gasteiger partial charge in [0.25, 0.3) is 5.56 Å². The van der Waals surface area contributed by atoms with Crippen LogP contribution in [0.4, 0.5) is 0 Å². The van der Waals surface area contributed by atoms with Gasteiger partial charge in [0.2, 0.25) is 5.91 Å². The molecule has 0 saturated heterocycles. The molecule has 5 heteroatoms. The summed E-state index contributed by atoms with van der Waals surface area (Å²) in [4.78, 5) is 26.5. The average molecular weight is 350 g/mol. The SMILES string of the molecule is COc1cccn(CC(=O)N(C)C(C)c2ccc3ccccc3c2)c1=O. The van der Waals surface area contributed by atoms with Crippen LogP contribution in [0.2, 0.25) is 0 Å². The number of ether oxygens (including phenoxy) is 1. The van der Waals surface area contributed by atoms with E-state index in [0.717, 1.165) is 10.9 Å². The number of rotatable bonds is 5. The van der Waals surface area contributed by atoms with E-state index in [1.807, 2.05) is 25.1 Å². The van der Waals surface area contributed by atoms with Gasteiger partial charge in [-0.15, -0.1) is 0 Å².